The maximum Gasteiger partial charge on any atom is 0.223 e. The average Bonchev–Trinajstić information content (AvgIpc) is 2.91. The third kappa shape index (κ3) is 2.23. The van der Waals surface area contributed by atoms with Crippen LogP contribution in [0.15, 0.2) is 0 Å². The van der Waals surface area contributed by atoms with Crippen molar-refractivity contribution in [2.75, 3.05) is 0 Å². The van der Waals surface area contributed by atoms with Crippen LogP contribution in [0.25, 0.3) is 0 Å². The van der Waals surface area contributed by atoms with Crippen molar-refractivity contribution in [3.8, 4) is 0 Å². The predicted octanol–water partition coefficient (Wildman–Crippen LogP) is 2.09. The molecule has 1 amide bonds. The Morgan fingerprint density at radius 3 is 2.46 bits per heavy atom. The number of nitrogens with one attached hydrogen (secondary N) is 1. The van der Waals surface area contributed by atoms with E-state index in [4.69, 9.17) is 0 Å². The summed E-state index contributed by atoms with van der Waals surface area (Å²) in [7, 11) is 0. The molecule has 0 spiro atoms. The van der Waals surface area contributed by atoms with Gasteiger partial charge in [-0.25, -0.2) is 0 Å². The number of amides is 1. The van der Waals surface area contributed by atoms with Gasteiger partial charge in [-0.3, -0.25) is 4.79 Å². The lowest BCUT2D eigenvalue weighted by Crippen LogP contribution is -2.41. The smallest absolute Gasteiger partial charge is 0.223 e. The van der Waals surface area contributed by atoms with Crippen LogP contribution in [-0.4, -0.2) is 11.9 Å². The largest absolute Gasteiger partial charge is 0.353 e. The summed E-state index contributed by atoms with van der Waals surface area (Å²) in [6.07, 6.45) is 7.35. The molecule has 0 aromatic carbocycles. The SMILES string of the molecule is CC1CCCCC1NC(=O)C1CC1. The number of hydrogen-bond acceptors (Lipinski definition) is 1. The minimum Gasteiger partial charge on any atom is -0.353 e. The summed E-state index contributed by atoms with van der Waals surface area (Å²) in [5.74, 6) is 1.38. The Hall–Kier alpha value is -0.530. The van der Waals surface area contributed by atoms with E-state index in [0.29, 0.717) is 23.8 Å². The van der Waals surface area contributed by atoms with Crippen molar-refractivity contribution >= 4 is 5.91 Å². The van der Waals surface area contributed by atoms with Crippen LogP contribution in [0.4, 0.5) is 0 Å². The maximum absolute atomic E-state index is 11.5. The van der Waals surface area contributed by atoms with Crippen LogP contribution in [0.1, 0.15) is 45.4 Å². The Morgan fingerprint density at radius 2 is 1.85 bits per heavy atom. The lowest BCUT2D eigenvalue weighted by atomic mass is 9.86. The highest BCUT2D eigenvalue weighted by atomic mass is 16.2. The highest BCUT2D eigenvalue weighted by molar-refractivity contribution is 5.81. The van der Waals surface area contributed by atoms with Gasteiger partial charge in [0.05, 0.1) is 0 Å². The molecule has 0 aromatic rings. The summed E-state index contributed by atoms with van der Waals surface area (Å²) in [6.45, 7) is 2.26. The molecule has 2 atom stereocenters. The Bertz CT molecular complexity index is 198. The minimum absolute atomic E-state index is 0.318. The zero-order valence-electron chi connectivity index (χ0n) is 8.38. The van der Waals surface area contributed by atoms with E-state index < -0.39 is 0 Å². The summed E-state index contributed by atoms with van der Waals surface area (Å²) in [5, 5.41) is 3.19. The molecular formula is C11H19NO. The Morgan fingerprint density at radius 1 is 1.15 bits per heavy atom. The molecule has 0 radical (unpaired) electrons. The second-order valence-electron chi connectivity index (χ2n) is 4.65. The fraction of sp³-hybridized carbons (Fsp3) is 0.909. The van der Waals surface area contributed by atoms with Crippen LogP contribution in [0, 0.1) is 11.8 Å². The highest BCUT2D eigenvalue weighted by Gasteiger charge is 2.32. The van der Waals surface area contributed by atoms with Crippen molar-refractivity contribution in [2.45, 2.75) is 51.5 Å². The third-order valence-corrected chi connectivity index (χ3v) is 3.39. The van der Waals surface area contributed by atoms with E-state index in [1.807, 2.05) is 0 Å². The second kappa shape index (κ2) is 3.69. The first-order chi connectivity index (χ1) is 6.27. The monoisotopic (exact) mass is 181 g/mol. The summed E-state index contributed by atoms with van der Waals surface area (Å²) in [6, 6.07) is 0.474. The van der Waals surface area contributed by atoms with Crippen molar-refractivity contribution < 1.29 is 4.79 Å². The van der Waals surface area contributed by atoms with Crippen LogP contribution < -0.4 is 5.32 Å². The molecule has 2 rings (SSSR count). The van der Waals surface area contributed by atoms with Crippen molar-refractivity contribution in [2.24, 2.45) is 11.8 Å². The molecule has 0 aromatic heterocycles. The van der Waals surface area contributed by atoms with E-state index in [1.165, 1.54) is 25.7 Å². The van der Waals surface area contributed by atoms with Crippen molar-refractivity contribution in [3.63, 3.8) is 0 Å². The molecule has 2 aliphatic rings. The summed E-state index contributed by atoms with van der Waals surface area (Å²) < 4.78 is 0. The molecule has 1 N–H and O–H groups in total. The normalized spacial score (nSPS) is 34.2. The first kappa shape index (κ1) is 9.04. The van der Waals surface area contributed by atoms with E-state index in [0.717, 1.165) is 12.8 Å². The van der Waals surface area contributed by atoms with Crippen molar-refractivity contribution in [1.82, 2.24) is 5.32 Å². The molecule has 2 nitrogen and oxygen atoms in total. The molecule has 2 heteroatoms. The minimum atomic E-state index is 0.318. The highest BCUT2D eigenvalue weighted by Crippen LogP contribution is 2.30. The van der Waals surface area contributed by atoms with Crippen LogP contribution in [0.2, 0.25) is 0 Å². The quantitative estimate of drug-likeness (QED) is 0.694. The molecule has 0 bridgehead atoms. The Labute approximate surface area is 80.1 Å². The van der Waals surface area contributed by atoms with Crippen LogP contribution >= 0.6 is 0 Å². The number of carbonyl (C=O) groups is 1. The zero-order valence-corrected chi connectivity index (χ0v) is 8.38. The standard InChI is InChI=1S/C11H19NO/c1-8-4-2-3-5-10(8)12-11(13)9-6-7-9/h8-10H,2-7H2,1H3,(H,12,13). The van der Waals surface area contributed by atoms with E-state index in [1.54, 1.807) is 0 Å². The zero-order chi connectivity index (χ0) is 9.26. The first-order valence-corrected chi connectivity index (χ1v) is 5.58. The van der Waals surface area contributed by atoms with Gasteiger partial charge in [0.15, 0.2) is 0 Å². The lowest BCUT2D eigenvalue weighted by Gasteiger charge is -2.29. The Kier molecular flexibility index (Phi) is 2.56. The second-order valence-corrected chi connectivity index (χ2v) is 4.65. The molecule has 2 unspecified atom stereocenters. The predicted molar refractivity (Wildman–Crippen MR) is 52.3 cm³/mol. The molecule has 2 aliphatic carbocycles. The topological polar surface area (TPSA) is 29.1 Å². The maximum atomic E-state index is 11.5. The van der Waals surface area contributed by atoms with Gasteiger partial charge >= 0.3 is 0 Å². The van der Waals surface area contributed by atoms with Crippen LogP contribution in [0.3, 0.4) is 0 Å². The number of rotatable bonds is 2. The van der Waals surface area contributed by atoms with E-state index in [2.05, 4.69) is 12.2 Å². The van der Waals surface area contributed by atoms with E-state index in [9.17, 15) is 4.79 Å². The van der Waals surface area contributed by atoms with Gasteiger partial charge in [-0.15, -0.1) is 0 Å². The van der Waals surface area contributed by atoms with Gasteiger partial charge in [-0.1, -0.05) is 19.8 Å². The molecule has 0 saturated heterocycles. The van der Waals surface area contributed by atoms with E-state index in [-0.39, 0.29) is 0 Å². The van der Waals surface area contributed by atoms with Gasteiger partial charge in [0.2, 0.25) is 5.91 Å². The Balaban J connectivity index is 1.81. The van der Waals surface area contributed by atoms with Gasteiger partial charge in [-0.2, -0.15) is 0 Å². The van der Waals surface area contributed by atoms with Crippen LogP contribution in [0.5, 0.6) is 0 Å². The van der Waals surface area contributed by atoms with Crippen molar-refractivity contribution in [1.29, 1.82) is 0 Å². The van der Waals surface area contributed by atoms with E-state index >= 15 is 0 Å². The molecule has 74 valence electrons. The lowest BCUT2D eigenvalue weighted by molar-refractivity contribution is -0.123. The molecule has 13 heavy (non-hydrogen) atoms. The van der Waals surface area contributed by atoms with Gasteiger partial charge in [-0.05, 0) is 31.6 Å². The summed E-state index contributed by atoms with van der Waals surface area (Å²) >= 11 is 0. The average molecular weight is 181 g/mol. The third-order valence-electron chi connectivity index (χ3n) is 3.39. The van der Waals surface area contributed by atoms with Gasteiger partial charge in [0.1, 0.15) is 0 Å². The molecule has 2 saturated carbocycles. The fourth-order valence-corrected chi connectivity index (χ4v) is 2.18. The van der Waals surface area contributed by atoms with Crippen molar-refractivity contribution in [3.05, 3.63) is 0 Å². The van der Waals surface area contributed by atoms with Gasteiger partial charge < -0.3 is 5.32 Å². The fourth-order valence-electron chi connectivity index (χ4n) is 2.18. The van der Waals surface area contributed by atoms with Crippen LogP contribution in [-0.2, 0) is 4.79 Å². The number of hydrogen-bond donors (Lipinski definition) is 1. The number of carbonyl (C=O) groups excluding carboxylic acids is 1. The summed E-state index contributed by atoms with van der Waals surface area (Å²) in [5.41, 5.74) is 0. The molecule has 0 aliphatic heterocycles. The van der Waals surface area contributed by atoms with Gasteiger partial charge in [0.25, 0.3) is 0 Å². The first-order valence-electron chi connectivity index (χ1n) is 5.58. The molecular weight excluding hydrogens is 162 g/mol. The van der Waals surface area contributed by atoms with Gasteiger partial charge in [0, 0.05) is 12.0 Å². The summed E-state index contributed by atoms with van der Waals surface area (Å²) in [4.78, 5) is 11.5. The molecule has 2 fully saturated rings. The molecule has 0 heterocycles.